The molecular weight excluding hydrogens is 370 g/mol. The summed E-state index contributed by atoms with van der Waals surface area (Å²) in [7, 11) is 1.68. The molecule has 0 aliphatic heterocycles. The Kier molecular flexibility index (Phi) is 7.67. The van der Waals surface area contributed by atoms with Crippen molar-refractivity contribution < 1.29 is 9.53 Å². The Morgan fingerprint density at radius 2 is 1.43 bits per heavy atom. The van der Waals surface area contributed by atoms with Crippen LogP contribution in [0.1, 0.15) is 42.9 Å². The number of methoxy groups -OCH3 is 1. The van der Waals surface area contributed by atoms with E-state index in [4.69, 9.17) is 4.74 Å². The zero-order valence-corrected chi connectivity index (χ0v) is 18.1. The van der Waals surface area contributed by atoms with Crippen molar-refractivity contribution in [2.75, 3.05) is 7.11 Å². The quantitative estimate of drug-likeness (QED) is 0.436. The fraction of sp³-hybridized carbons (Fsp3) is 0.296. The predicted molar refractivity (Wildman–Crippen MR) is 122 cm³/mol. The van der Waals surface area contributed by atoms with Crippen LogP contribution in [0.2, 0.25) is 0 Å². The second-order valence-corrected chi connectivity index (χ2v) is 7.75. The van der Waals surface area contributed by atoms with Crippen LogP contribution in [0.15, 0.2) is 84.9 Å². The molecule has 0 saturated carbocycles. The van der Waals surface area contributed by atoms with E-state index >= 15 is 0 Å². The first-order valence-electron chi connectivity index (χ1n) is 10.6. The molecule has 0 N–H and O–H groups in total. The molecule has 3 nitrogen and oxygen atoms in total. The van der Waals surface area contributed by atoms with Crippen LogP contribution in [0.25, 0.3) is 0 Å². The summed E-state index contributed by atoms with van der Waals surface area (Å²) in [5, 5.41) is 0. The number of hydrogen-bond acceptors (Lipinski definition) is 2. The van der Waals surface area contributed by atoms with Gasteiger partial charge in [0.15, 0.2) is 0 Å². The van der Waals surface area contributed by atoms with E-state index < -0.39 is 0 Å². The van der Waals surface area contributed by atoms with Gasteiger partial charge in [-0.1, -0.05) is 86.6 Å². The van der Waals surface area contributed by atoms with Gasteiger partial charge in [0.05, 0.1) is 7.11 Å². The number of hydrogen-bond donors (Lipinski definition) is 0. The van der Waals surface area contributed by atoms with Crippen molar-refractivity contribution >= 4 is 5.91 Å². The fourth-order valence-corrected chi connectivity index (χ4v) is 4.03. The highest BCUT2D eigenvalue weighted by molar-refractivity contribution is 5.79. The van der Waals surface area contributed by atoms with E-state index in [1.165, 1.54) is 0 Å². The van der Waals surface area contributed by atoms with Crippen molar-refractivity contribution in [3.63, 3.8) is 0 Å². The van der Waals surface area contributed by atoms with Gasteiger partial charge >= 0.3 is 0 Å². The molecule has 0 fully saturated rings. The Bertz CT molecular complexity index is 882. The lowest BCUT2D eigenvalue weighted by atomic mass is 9.84. The lowest BCUT2D eigenvalue weighted by Crippen LogP contribution is -2.36. The maximum atomic E-state index is 13.7. The minimum atomic E-state index is -0.130. The zero-order valence-electron chi connectivity index (χ0n) is 18.1. The second kappa shape index (κ2) is 10.6. The Balaban J connectivity index is 1.85. The van der Waals surface area contributed by atoms with Crippen LogP contribution in [-0.2, 0) is 17.9 Å². The Morgan fingerprint density at radius 1 is 0.867 bits per heavy atom. The molecule has 0 radical (unpaired) electrons. The van der Waals surface area contributed by atoms with Gasteiger partial charge in [-0.05, 0) is 41.2 Å². The normalized spacial score (nSPS) is 12.8. The van der Waals surface area contributed by atoms with E-state index in [2.05, 4.69) is 50.2 Å². The average molecular weight is 402 g/mol. The van der Waals surface area contributed by atoms with E-state index in [0.717, 1.165) is 28.9 Å². The summed E-state index contributed by atoms with van der Waals surface area (Å²) in [4.78, 5) is 15.7. The number of amides is 1. The maximum absolute atomic E-state index is 13.7. The summed E-state index contributed by atoms with van der Waals surface area (Å²) in [5.74, 6) is 1.02. The van der Waals surface area contributed by atoms with Gasteiger partial charge in [0, 0.05) is 19.0 Å². The third-order valence-electron chi connectivity index (χ3n) is 5.70. The number of carbonyl (C=O) groups excluding carboxylic acids is 1. The number of ether oxygens (including phenoxy) is 1. The lowest BCUT2D eigenvalue weighted by Gasteiger charge is -2.30. The number of carbonyl (C=O) groups is 1. The summed E-state index contributed by atoms with van der Waals surface area (Å²) >= 11 is 0. The van der Waals surface area contributed by atoms with Crippen molar-refractivity contribution in [1.29, 1.82) is 0 Å². The highest BCUT2D eigenvalue weighted by Crippen LogP contribution is 2.32. The second-order valence-electron chi connectivity index (χ2n) is 7.75. The molecule has 0 saturated heterocycles. The van der Waals surface area contributed by atoms with Gasteiger partial charge in [-0.3, -0.25) is 4.79 Å². The van der Waals surface area contributed by atoms with E-state index in [1.807, 2.05) is 53.4 Å². The molecule has 0 aliphatic carbocycles. The molecule has 3 heteroatoms. The lowest BCUT2D eigenvalue weighted by molar-refractivity contribution is -0.137. The van der Waals surface area contributed by atoms with E-state index in [0.29, 0.717) is 13.1 Å². The number of rotatable bonds is 9. The molecule has 3 aromatic carbocycles. The zero-order chi connectivity index (χ0) is 21.3. The Labute approximate surface area is 180 Å². The summed E-state index contributed by atoms with van der Waals surface area (Å²) in [6.07, 6.45) is 0.893. The van der Waals surface area contributed by atoms with Crippen molar-refractivity contribution in [2.45, 2.75) is 39.3 Å². The predicted octanol–water partition coefficient (Wildman–Crippen LogP) is 6.05. The molecule has 0 aromatic heterocycles. The molecule has 3 aromatic rings. The van der Waals surface area contributed by atoms with Gasteiger partial charge in [0.1, 0.15) is 5.75 Å². The standard InChI is InChI=1S/C27H31NO2/c1-4-26(24-16-11-17-25(18-24)30-3)21(2)27(29)28(19-22-12-7-5-8-13-22)20-23-14-9-6-10-15-23/h5-18,21,26H,4,19-20H2,1-3H3/t21-,26-/m1/s1. The summed E-state index contributed by atoms with van der Waals surface area (Å²) in [5.41, 5.74) is 3.43. The molecule has 30 heavy (non-hydrogen) atoms. The largest absolute Gasteiger partial charge is 0.497 e. The van der Waals surface area contributed by atoms with E-state index in [9.17, 15) is 4.79 Å². The summed E-state index contributed by atoms with van der Waals surface area (Å²) in [6.45, 7) is 5.41. The van der Waals surface area contributed by atoms with Crippen molar-refractivity contribution in [1.82, 2.24) is 4.90 Å². The monoisotopic (exact) mass is 401 g/mol. The van der Waals surface area contributed by atoms with E-state index in [-0.39, 0.29) is 17.7 Å². The third-order valence-corrected chi connectivity index (χ3v) is 5.70. The van der Waals surface area contributed by atoms with Gasteiger partial charge < -0.3 is 9.64 Å². The molecule has 156 valence electrons. The SMILES string of the molecule is CC[C@@H](c1cccc(OC)c1)[C@@H](C)C(=O)N(Cc1ccccc1)Cc1ccccc1. The van der Waals surface area contributed by atoms with Crippen LogP contribution in [0.3, 0.4) is 0 Å². The van der Waals surface area contributed by atoms with Crippen LogP contribution in [0, 0.1) is 5.92 Å². The topological polar surface area (TPSA) is 29.5 Å². The Hall–Kier alpha value is -3.07. The third kappa shape index (κ3) is 5.50. The van der Waals surface area contributed by atoms with Crippen LogP contribution in [0.4, 0.5) is 0 Å². The van der Waals surface area contributed by atoms with Crippen LogP contribution in [-0.4, -0.2) is 17.9 Å². The van der Waals surface area contributed by atoms with E-state index in [1.54, 1.807) is 7.11 Å². The molecule has 0 aliphatic rings. The highest BCUT2D eigenvalue weighted by Gasteiger charge is 2.28. The average Bonchev–Trinajstić information content (AvgIpc) is 2.80. The minimum absolute atomic E-state index is 0.130. The van der Waals surface area contributed by atoms with Gasteiger partial charge in [0.2, 0.25) is 5.91 Å². The first kappa shape index (κ1) is 21.6. The fourth-order valence-electron chi connectivity index (χ4n) is 4.03. The smallest absolute Gasteiger partial charge is 0.226 e. The van der Waals surface area contributed by atoms with Crippen LogP contribution in [0.5, 0.6) is 5.75 Å². The van der Waals surface area contributed by atoms with Gasteiger partial charge in [-0.15, -0.1) is 0 Å². The molecular formula is C27H31NO2. The van der Waals surface area contributed by atoms with Gasteiger partial charge in [0.25, 0.3) is 0 Å². The number of benzene rings is 3. The highest BCUT2D eigenvalue weighted by atomic mass is 16.5. The molecule has 2 atom stereocenters. The summed E-state index contributed by atoms with van der Waals surface area (Å²) < 4.78 is 5.40. The maximum Gasteiger partial charge on any atom is 0.226 e. The summed E-state index contributed by atoms with van der Waals surface area (Å²) in [6, 6.07) is 28.5. The van der Waals surface area contributed by atoms with Crippen LogP contribution < -0.4 is 4.74 Å². The molecule has 0 unspecified atom stereocenters. The van der Waals surface area contributed by atoms with Crippen molar-refractivity contribution in [2.24, 2.45) is 5.92 Å². The molecule has 0 bridgehead atoms. The first-order valence-corrected chi connectivity index (χ1v) is 10.6. The van der Waals surface area contributed by atoms with Crippen molar-refractivity contribution in [3.05, 3.63) is 102 Å². The van der Waals surface area contributed by atoms with Crippen molar-refractivity contribution in [3.8, 4) is 5.75 Å². The van der Waals surface area contributed by atoms with Gasteiger partial charge in [-0.2, -0.15) is 0 Å². The molecule has 1 amide bonds. The minimum Gasteiger partial charge on any atom is -0.497 e. The number of nitrogens with zero attached hydrogens (tertiary/aromatic N) is 1. The first-order chi connectivity index (χ1) is 14.6. The van der Waals surface area contributed by atoms with Crippen LogP contribution >= 0.6 is 0 Å². The molecule has 0 heterocycles. The molecule has 0 spiro atoms. The Morgan fingerprint density at radius 3 is 1.93 bits per heavy atom. The molecule has 3 rings (SSSR count). The van der Waals surface area contributed by atoms with Gasteiger partial charge in [-0.25, -0.2) is 0 Å².